The summed E-state index contributed by atoms with van der Waals surface area (Å²) in [5, 5.41) is 6.72. The minimum atomic E-state index is 0.287. The van der Waals surface area contributed by atoms with Crippen LogP contribution in [0.1, 0.15) is 24.2 Å². The number of ether oxygens (including phenoxy) is 1. The number of halogens is 1. The first-order chi connectivity index (χ1) is 11.1. The zero-order chi connectivity index (χ0) is 16.2. The maximum atomic E-state index is 5.63. The molecule has 1 atom stereocenters. The van der Waals surface area contributed by atoms with Gasteiger partial charge in [0.25, 0.3) is 0 Å². The van der Waals surface area contributed by atoms with Crippen LogP contribution in [0, 0.1) is 13.8 Å². The average Bonchev–Trinajstić information content (AvgIpc) is 3.01. The number of rotatable bonds is 5. The van der Waals surface area contributed by atoms with Crippen LogP contribution in [0.5, 0.6) is 0 Å². The Morgan fingerprint density at radius 1 is 1.22 bits per heavy atom. The largest absolute Gasteiger partial charge is 0.376 e. The first-order valence-electron chi connectivity index (χ1n) is 7.84. The summed E-state index contributed by atoms with van der Waals surface area (Å²) >= 11 is 3.48. The van der Waals surface area contributed by atoms with Gasteiger partial charge < -0.3 is 15.4 Å². The maximum Gasteiger partial charge on any atom is 0.136 e. The van der Waals surface area contributed by atoms with Crippen LogP contribution < -0.4 is 10.6 Å². The molecule has 2 N–H and O–H groups in total. The monoisotopic (exact) mass is 376 g/mol. The molecular formula is C17H21BrN4O. The summed E-state index contributed by atoms with van der Waals surface area (Å²) < 4.78 is 6.70. The maximum absolute atomic E-state index is 5.63. The fourth-order valence-electron chi connectivity index (χ4n) is 2.65. The number of benzene rings is 1. The Bertz CT molecular complexity index is 686. The number of nitrogens with one attached hydrogen (secondary N) is 2. The summed E-state index contributed by atoms with van der Waals surface area (Å²) in [4.78, 5) is 8.91. The molecule has 23 heavy (non-hydrogen) atoms. The lowest BCUT2D eigenvalue weighted by atomic mass is 10.2. The highest BCUT2D eigenvalue weighted by Gasteiger charge is 2.15. The molecule has 3 rings (SSSR count). The van der Waals surface area contributed by atoms with Crippen LogP contribution in [-0.2, 0) is 4.74 Å². The molecule has 0 saturated carbocycles. The Hall–Kier alpha value is -1.66. The SMILES string of the molecule is Cc1nc(NCC2CCCO2)cc(Nc2ccc(Br)cc2C)n1. The van der Waals surface area contributed by atoms with Crippen molar-refractivity contribution in [2.75, 3.05) is 23.8 Å². The fourth-order valence-corrected chi connectivity index (χ4v) is 3.13. The van der Waals surface area contributed by atoms with Crippen molar-refractivity contribution >= 4 is 33.3 Å². The highest BCUT2D eigenvalue weighted by atomic mass is 79.9. The molecule has 0 bridgehead atoms. The Morgan fingerprint density at radius 2 is 2.04 bits per heavy atom. The minimum Gasteiger partial charge on any atom is -0.376 e. The van der Waals surface area contributed by atoms with Gasteiger partial charge in [0, 0.05) is 29.4 Å². The molecule has 2 heterocycles. The Balaban J connectivity index is 1.71. The molecular weight excluding hydrogens is 356 g/mol. The van der Waals surface area contributed by atoms with Gasteiger partial charge in [0.05, 0.1) is 6.10 Å². The summed E-state index contributed by atoms with van der Waals surface area (Å²) in [7, 11) is 0. The molecule has 1 aromatic carbocycles. The quantitative estimate of drug-likeness (QED) is 0.818. The van der Waals surface area contributed by atoms with Crippen molar-refractivity contribution in [3.05, 3.63) is 40.1 Å². The van der Waals surface area contributed by atoms with E-state index in [1.54, 1.807) is 0 Å². The smallest absolute Gasteiger partial charge is 0.136 e. The zero-order valence-corrected chi connectivity index (χ0v) is 15.0. The summed E-state index contributed by atoms with van der Waals surface area (Å²) in [6.45, 7) is 5.62. The van der Waals surface area contributed by atoms with Crippen LogP contribution in [0.4, 0.5) is 17.3 Å². The average molecular weight is 377 g/mol. The third-order valence-electron chi connectivity index (χ3n) is 3.82. The molecule has 1 aromatic heterocycles. The number of anilines is 3. The second-order valence-corrected chi connectivity index (χ2v) is 6.70. The predicted molar refractivity (Wildman–Crippen MR) is 96.4 cm³/mol. The van der Waals surface area contributed by atoms with Crippen molar-refractivity contribution < 1.29 is 4.74 Å². The summed E-state index contributed by atoms with van der Waals surface area (Å²) in [6.07, 6.45) is 2.54. The first kappa shape index (κ1) is 16.2. The van der Waals surface area contributed by atoms with Crippen LogP contribution in [0.2, 0.25) is 0 Å². The molecule has 1 aliphatic heterocycles. The predicted octanol–water partition coefficient (Wildman–Crippen LogP) is 4.19. The lowest BCUT2D eigenvalue weighted by Gasteiger charge is -2.14. The molecule has 0 aliphatic carbocycles. The van der Waals surface area contributed by atoms with Gasteiger partial charge in [-0.15, -0.1) is 0 Å². The minimum absolute atomic E-state index is 0.287. The van der Waals surface area contributed by atoms with E-state index in [0.717, 1.165) is 59.2 Å². The van der Waals surface area contributed by atoms with Crippen LogP contribution >= 0.6 is 15.9 Å². The van der Waals surface area contributed by atoms with Crippen molar-refractivity contribution in [3.63, 3.8) is 0 Å². The van der Waals surface area contributed by atoms with Crippen LogP contribution in [-0.4, -0.2) is 29.2 Å². The highest BCUT2D eigenvalue weighted by molar-refractivity contribution is 9.10. The highest BCUT2D eigenvalue weighted by Crippen LogP contribution is 2.24. The van der Waals surface area contributed by atoms with Gasteiger partial charge in [-0.05, 0) is 50.5 Å². The van der Waals surface area contributed by atoms with Gasteiger partial charge >= 0.3 is 0 Å². The van der Waals surface area contributed by atoms with Crippen molar-refractivity contribution in [3.8, 4) is 0 Å². The zero-order valence-electron chi connectivity index (χ0n) is 13.4. The molecule has 1 fully saturated rings. The van der Waals surface area contributed by atoms with E-state index in [9.17, 15) is 0 Å². The molecule has 1 aliphatic rings. The second kappa shape index (κ2) is 7.27. The first-order valence-corrected chi connectivity index (χ1v) is 8.64. The molecule has 5 nitrogen and oxygen atoms in total. The number of aryl methyl sites for hydroxylation is 2. The van der Waals surface area contributed by atoms with Crippen LogP contribution in [0.25, 0.3) is 0 Å². The van der Waals surface area contributed by atoms with Gasteiger partial charge in [-0.1, -0.05) is 15.9 Å². The second-order valence-electron chi connectivity index (χ2n) is 5.79. The number of hydrogen-bond donors (Lipinski definition) is 2. The summed E-state index contributed by atoms with van der Waals surface area (Å²) in [5.41, 5.74) is 2.20. The van der Waals surface area contributed by atoms with Gasteiger partial charge in [-0.25, -0.2) is 9.97 Å². The van der Waals surface area contributed by atoms with Gasteiger partial charge in [0.15, 0.2) is 0 Å². The summed E-state index contributed by atoms with van der Waals surface area (Å²) in [6, 6.07) is 8.06. The van der Waals surface area contributed by atoms with Crippen molar-refractivity contribution in [1.82, 2.24) is 9.97 Å². The topological polar surface area (TPSA) is 59.1 Å². The van der Waals surface area contributed by atoms with E-state index < -0.39 is 0 Å². The molecule has 6 heteroatoms. The van der Waals surface area contributed by atoms with Gasteiger partial charge in [0.2, 0.25) is 0 Å². The van der Waals surface area contributed by atoms with Crippen molar-refractivity contribution in [2.24, 2.45) is 0 Å². The lowest BCUT2D eigenvalue weighted by Crippen LogP contribution is -2.19. The Morgan fingerprint density at radius 3 is 2.78 bits per heavy atom. The number of aromatic nitrogens is 2. The van der Waals surface area contributed by atoms with Crippen molar-refractivity contribution in [1.29, 1.82) is 0 Å². The molecule has 1 unspecified atom stereocenters. The molecule has 0 radical (unpaired) electrons. The van der Waals surface area contributed by atoms with E-state index in [1.807, 2.05) is 25.1 Å². The number of hydrogen-bond acceptors (Lipinski definition) is 5. The van der Waals surface area contributed by atoms with E-state index in [2.05, 4.69) is 49.5 Å². The van der Waals surface area contributed by atoms with E-state index >= 15 is 0 Å². The Kier molecular flexibility index (Phi) is 5.13. The van der Waals surface area contributed by atoms with E-state index in [1.165, 1.54) is 0 Å². The molecule has 0 spiro atoms. The fraction of sp³-hybridized carbons (Fsp3) is 0.412. The van der Waals surface area contributed by atoms with E-state index in [0.29, 0.717) is 0 Å². The van der Waals surface area contributed by atoms with Crippen LogP contribution in [0.3, 0.4) is 0 Å². The van der Waals surface area contributed by atoms with Gasteiger partial charge in [-0.3, -0.25) is 0 Å². The number of nitrogens with zero attached hydrogens (tertiary/aromatic N) is 2. The summed E-state index contributed by atoms with van der Waals surface area (Å²) in [5.74, 6) is 2.35. The lowest BCUT2D eigenvalue weighted by molar-refractivity contribution is 0.120. The van der Waals surface area contributed by atoms with Crippen molar-refractivity contribution in [2.45, 2.75) is 32.8 Å². The molecule has 122 valence electrons. The standard InChI is InChI=1S/C17H21BrN4O/c1-11-8-13(18)5-6-15(11)22-17-9-16(20-12(2)21-17)19-10-14-4-3-7-23-14/h5-6,8-9,14H,3-4,7,10H2,1-2H3,(H2,19,20,21,22). The molecule has 1 saturated heterocycles. The van der Waals surface area contributed by atoms with E-state index in [4.69, 9.17) is 4.74 Å². The normalized spacial score (nSPS) is 17.3. The molecule has 0 amide bonds. The van der Waals surface area contributed by atoms with Gasteiger partial charge in [0.1, 0.15) is 17.5 Å². The van der Waals surface area contributed by atoms with Gasteiger partial charge in [-0.2, -0.15) is 0 Å². The third-order valence-corrected chi connectivity index (χ3v) is 4.32. The third kappa shape index (κ3) is 4.42. The van der Waals surface area contributed by atoms with Crippen LogP contribution in [0.15, 0.2) is 28.7 Å². The van der Waals surface area contributed by atoms with E-state index in [-0.39, 0.29) is 6.10 Å². The Labute approximate surface area is 145 Å². The molecule has 2 aromatic rings.